The molecule has 2 aromatic rings. The standard InChI is InChI=1S/C25H24ClN3O/c1-14-7-8-15(2)18(11-14)23-19(13-27)25(28)29(20-5-4-6-22(30)24(20)23)21-12-17(26)10-9-16(21)3/h7-12,23H,4-6,28H2,1-3H3. The number of halogens is 1. The van der Waals surface area contributed by atoms with Gasteiger partial charge in [0.25, 0.3) is 0 Å². The van der Waals surface area contributed by atoms with Crippen LogP contribution in [-0.4, -0.2) is 5.78 Å². The molecule has 2 aromatic carbocycles. The largest absolute Gasteiger partial charge is 0.384 e. The van der Waals surface area contributed by atoms with Crippen molar-refractivity contribution in [1.82, 2.24) is 0 Å². The van der Waals surface area contributed by atoms with Gasteiger partial charge in [0.05, 0.1) is 23.2 Å². The van der Waals surface area contributed by atoms with Gasteiger partial charge < -0.3 is 5.73 Å². The Kier molecular flexibility index (Phi) is 5.17. The molecule has 1 atom stereocenters. The van der Waals surface area contributed by atoms with Crippen molar-refractivity contribution >= 4 is 23.1 Å². The van der Waals surface area contributed by atoms with Gasteiger partial charge in [0, 0.05) is 22.7 Å². The van der Waals surface area contributed by atoms with Crippen LogP contribution >= 0.6 is 11.6 Å². The molecular weight excluding hydrogens is 394 g/mol. The van der Waals surface area contributed by atoms with Gasteiger partial charge in [-0.2, -0.15) is 5.26 Å². The predicted octanol–water partition coefficient (Wildman–Crippen LogP) is 5.57. The van der Waals surface area contributed by atoms with E-state index in [2.05, 4.69) is 12.1 Å². The number of aryl methyl sites for hydroxylation is 3. The third kappa shape index (κ3) is 3.20. The minimum absolute atomic E-state index is 0.0899. The summed E-state index contributed by atoms with van der Waals surface area (Å²) in [6, 6.07) is 14.1. The number of carbonyl (C=O) groups excluding carboxylic acids is 1. The molecule has 4 rings (SSSR count). The molecule has 0 fully saturated rings. The van der Waals surface area contributed by atoms with Gasteiger partial charge in [0.1, 0.15) is 5.82 Å². The molecule has 2 N–H and O–H groups in total. The second kappa shape index (κ2) is 7.66. The number of ketones is 1. The molecule has 1 aliphatic heterocycles. The molecule has 0 amide bonds. The summed E-state index contributed by atoms with van der Waals surface area (Å²) < 4.78 is 0. The van der Waals surface area contributed by atoms with Crippen molar-refractivity contribution < 1.29 is 4.79 Å². The first-order chi connectivity index (χ1) is 14.3. The van der Waals surface area contributed by atoms with Crippen LogP contribution in [0.25, 0.3) is 0 Å². The number of nitrogens with two attached hydrogens (primary N) is 1. The van der Waals surface area contributed by atoms with Gasteiger partial charge in [-0.25, -0.2) is 0 Å². The molecule has 0 bridgehead atoms. The Bertz CT molecular complexity index is 1170. The van der Waals surface area contributed by atoms with Crippen molar-refractivity contribution in [2.75, 3.05) is 4.90 Å². The Labute approximate surface area is 182 Å². The van der Waals surface area contributed by atoms with Crippen LogP contribution in [0.15, 0.2) is 59.1 Å². The summed E-state index contributed by atoms with van der Waals surface area (Å²) >= 11 is 6.29. The van der Waals surface area contributed by atoms with Crippen LogP contribution in [0.2, 0.25) is 5.02 Å². The lowest BCUT2D eigenvalue weighted by atomic mass is 9.74. The van der Waals surface area contributed by atoms with Crippen LogP contribution in [0.1, 0.15) is 47.4 Å². The number of hydrogen-bond donors (Lipinski definition) is 1. The summed E-state index contributed by atoms with van der Waals surface area (Å²) in [5.74, 6) is 0.0303. The topological polar surface area (TPSA) is 70.1 Å². The number of nitriles is 1. The molecule has 0 radical (unpaired) electrons. The lowest BCUT2D eigenvalue weighted by molar-refractivity contribution is -0.116. The molecule has 2 aliphatic rings. The molecule has 30 heavy (non-hydrogen) atoms. The third-order valence-electron chi connectivity index (χ3n) is 6.07. The minimum Gasteiger partial charge on any atom is -0.384 e. The molecule has 1 heterocycles. The van der Waals surface area contributed by atoms with Crippen molar-refractivity contribution in [1.29, 1.82) is 5.26 Å². The first kappa shape index (κ1) is 20.3. The predicted molar refractivity (Wildman–Crippen MR) is 120 cm³/mol. The number of anilines is 1. The van der Waals surface area contributed by atoms with Crippen molar-refractivity contribution in [3.8, 4) is 6.07 Å². The molecule has 5 heteroatoms. The normalized spacial score (nSPS) is 19.1. The Morgan fingerprint density at radius 3 is 2.57 bits per heavy atom. The SMILES string of the molecule is Cc1ccc(C)c(C2C(C#N)=C(N)N(c3cc(Cl)ccc3C)C3=C2C(=O)CCC3)c1. The van der Waals surface area contributed by atoms with Gasteiger partial charge >= 0.3 is 0 Å². The molecular formula is C25H24ClN3O. The Balaban J connectivity index is 2.03. The van der Waals surface area contributed by atoms with E-state index in [1.54, 1.807) is 0 Å². The van der Waals surface area contributed by atoms with E-state index in [0.29, 0.717) is 28.4 Å². The summed E-state index contributed by atoms with van der Waals surface area (Å²) in [6.07, 6.45) is 1.98. The fourth-order valence-corrected chi connectivity index (χ4v) is 4.73. The molecule has 0 saturated heterocycles. The number of rotatable bonds is 2. The quantitative estimate of drug-likeness (QED) is 0.693. The third-order valence-corrected chi connectivity index (χ3v) is 6.31. The maximum atomic E-state index is 13.2. The van der Waals surface area contributed by atoms with Gasteiger partial charge in [0.2, 0.25) is 0 Å². The van der Waals surface area contributed by atoms with Gasteiger partial charge in [-0.15, -0.1) is 0 Å². The fraction of sp³-hybridized carbons (Fsp3) is 0.280. The maximum absolute atomic E-state index is 13.2. The van der Waals surface area contributed by atoms with Crippen LogP contribution in [0, 0.1) is 32.1 Å². The second-order valence-corrected chi connectivity index (χ2v) is 8.54. The minimum atomic E-state index is -0.437. The monoisotopic (exact) mass is 417 g/mol. The molecule has 1 aliphatic carbocycles. The average Bonchev–Trinajstić information content (AvgIpc) is 2.71. The van der Waals surface area contributed by atoms with E-state index < -0.39 is 5.92 Å². The maximum Gasteiger partial charge on any atom is 0.161 e. The van der Waals surface area contributed by atoms with Crippen LogP contribution in [0.4, 0.5) is 5.69 Å². The van der Waals surface area contributed by atoms with Crippen LogP contribution in [0.3, 0.4) is 0 Å². The zero-order valence-electron chi connectivity index (χ0n) is 17.4. The highest BCUT2D eigenvalue weighted by Gasteiger charge is 2.41. The molecule has 0 saturated carbocycles. The van der Waals surface area contributed by atoms with Crippen molar-refractivity contribution in [2.45, 2.75) is 46.0 Å². The zero-order chi connectivity index (χ0) is 21.6. The van der Waals surface area contributed by atoms with Crippen LogP contribution in [0.5, 0.6) is 0 Å². The van der Waals surface area contributed by atoms with Gasteiger partial charge in [-0.1, -0.05) is 41.4 Å². The molecule has 0 aromatic heterocycles. The van der Waals surface area contributed by atoms with Crippen molar-refractivity contribution in [2.24, 2.45) is 5.73 Å². The molecule has 1 unspecified atom stereocenters. The summed E-state index contributed by atoms with van der Waals surface area (Å²) in [6.45, 7) is 6.01. The Morgan fingerprint density at radius 1 is 1.10 bits per heavy atom. The summed E-state index contributed by atoms with van der Waals surface area (Å²) in [5, 5.41) is 10.7. The van der Waals surface area contributed by atoms with Crippen molar-refractivity contribution in [3.63, 3.8) is 0 Å². The van der Waals surface area contributed by atoms with Crippen molar-refractivity contribution in [3.05, 3.63) is 86.3 Å². The lowest BCUT2D eigenvalue weighted by Gasteiger charge is -2.40. The Hall–Kier alpha value is -3.03. The first-order valence-corrected chi connectivity index (χ1v) is 10.5. The number of carbonyl (C=O) groups is 1. The average molecular weight is 418 g/mol. The van der Waals surface area contributed by atoms with Crippen LogP contribution < -0.4 is 10.6 Å². The number of hydrogen-bond acceptors (Lipinski definition) is 4. The highest BCUT2D eigenvalue weighted by Crippen LogP contribution is 2.47. The van der Waals surface area contributed by atoms with E-state index >= 15 is 0 Å². The highest BCUT2D eigenvalue weighted by molar-refractivity contribution is 6.30. The zero-order valence-corrected chi connectivity index (χ0v) is 18.2. The van der Waals surface area contributed by atoms with Crippen LogP contribution in [-0.2, 0) is 4.79 Å². The van der Waals surface area contributed by atoms with E-state index in [-0.39, 0.29) is 5.78 Å². The van der Waals surface area contributed by atoms with Gasteiger partial charge in [-0.3, -0.25) is 9.69 Å². The molecule has 152 valence electrons. The number of allylic oxidation sites excluding steroid dienone is 3. The van der Waals surface area contributed by atoms with Gasteiger partial charge in [-0.05, 0) is 62.4 Å². The van der Waals surface area contributed by atoms with E-state index in [1.165, 1.54) is 0 Å². The van der Waals surface area contributed by atoms with E-state index in [9.17, 15) is 10.1 Å². The van der Waals surface area contributed by atoms with E-state index in [1.807, 2.05) is 56.0 Å². The molecule has 4 nitrogen and oxygen atoms in total. The first-order valence-electron chi connectivity index (χ1n) is 10.1. The highest BCUT2D eigenvalue weighted by atomic mass is 35.5. The fourth-order valence-electron chi connectivity index (χ4n) is 4.57. The van der Waals surface area contributed by atoms with E-state index in [0.717, 1.165) is 46.5 Å². The second-order valence-electron chi connectivity index (χ2n) is 8.11. The smallest absolute Gasteiger partial charge is 0.161 e. The van der Waals surface area contributed by atoms with Gasteiger partial charge in [0.15, 0.2) is 5.78 Å². The summed E-state index contributed by atoms with van der Waals surface area (Å²) in [5.41, 5.74) is 13.5. The number of nitrogens with zero attached hydrogens (tertiary/aromatic N) is 2. The number of benzene rings is 2. The summed E-state index contributed by atoms with van der Waals surface area (Å²) in [4.78, 5) is 15.1. The molecule has 0 spiro atoms. The number of Topliss-reactive ketones (excluding diaryl/α,β-unsaturated/α-hetero) is 1. The Morgan fingerprint density at radius 2 is 1.83 bits per heavy atom. The van der Waals surface area contributed by atoms with E-state index in [4.69, 9.17) is 17.3 Å². The lowest BCUT2D eigenvalue weighted by Crippen LogP contribution is -2.39. The summed E-state index contributed by atoms with van der Waals surface area (Å²) in [7, 11) is 0.